The molecule has 72 valence electrons. The molecule has 0 amide bonds. The quantitative estimate of drug-likeness (QED) is 0.698. The van der Waals surface area contributed by atoms with E-state index in [1.807, 2.05) is 24.3 Å². The lowest BCUT2D eigenvalue weighted by molar-refractivity contribution is 0.560. The molecule has 1 aromatic rings. The molecule has 13 heavy (non-hydrogen) atoms. The third-order valence-corrected chi connectivity index (χ3v) is 2.31. The molecule has 2 nitrogen and oxygen atoms in total. The molecule has 0 aromatic heterocycles. The van der Waals surface area contributed by atoms with Gasteiger partial charge in [-0.25, -0.2) is 0 Å². The standard InChI is InChI=1S/C11H18N2/c1-8(2)9(3)13-11-6-4-10(12)5-7-11/h4-9,13H,12H2,1-3H3. The molecule has 0 radical (unpaired) electrons. The Kier molecular flexibility index (Phi) is 3.18. The molecule has 0 spiro atoms. The summed E-state index contributed by atoms with van der Waals surface area (Å²) in [6.07, 6.45) is 0. The van der Waals surface area contributed by atoms with E-state index in [0.29, 0.717) is 12.0 Å². The molecule has 0 aliphatic heterocycles. The second-order valence-corrected chi connectivity index (χ2v) is 3.80. The third-order valence-electron chi connectivity index (χ3n) is 2.31. The average Bonchev–Trinajstić information content (AvgIpc) is 2.08. The van der Waals surface area contributed by atoms with Crippen LogP contribution in [0.1, 0.15) is 20.8 Å². The van der Waals surface area contributed by atoms with Crippen LogP contribution in [-0.2, 0) is 0 Å². The number of hydrogen-bond donors (Lipinski definition) is 2. The van der Waals surface area contributed by atoms with Gasteiger partial charge in [-0.2, -0.15) is 0 Å². The van der Waals surface area contributed by atoms with Gasteiger partial charge in [-0.1, -0.05) is 13.8 Å². The predicted octanol–water partition coefficient (Wildman–Crippen LogP) is 2.73. The topological polar surface area (TPSA) is 38.0 Å². The molecule has 0 heterocycles. The van der Waals surface area contributed by atoms with Gasteiger partial charge in [0.2, 0.25) is 0 Å². The number of benzene rings is 1. The van der Waals surface area contributed by atoms with Crippen molar-refractivity contribution in [3.05, 3.63) is 24.3 Å². The van der Waals surface area contributed by atoms with Crippen molar-refractivity contribution in [2.24, 2.45) is 5.92 Å². The molecule has 0 aliphatic carbocycles. The van der Waals surface area contributed by atoms with Gasteiger partial charge < -0.3 is 11.1 Å². The van der Waals surface area contributed by atoms with Crippen molar-refractivity contribution in [2.75, 3.05) is 11.1 Å². The highest BCUT2D eigenvalue weighted by Gasteiger charge is 2.05. The first-order chi connectivity index (χ1) is 6.09. The lowest BCUT2D eigenvalue weighted by Gasteiger charge is -2.18. The number of anilines is 2. The minimum Gasteiger partial charge on any atom is -0.399 e. The molecular weight excluding hydrogens is 160 g/mol. The first-order valence-corrected chi connectivity index (χ1v) is 4.71. The highest BCUT2D eigenvalue weighted by Crippen LogP contribution is 2.14. The Hall–Kier alpha value is -1.18. The zero-order valence-electron chi connectivity index (χ0n) is 8.54. The van der Waals surface area contributed by atoms with Crippen molar-refractivity contribution in [3.8, 4) is 0 Å². The Morgan fingerprint density at radius 2 is 1.62 bits per heavy atom. The van der Waals surface area contributed by atoms with E-state index in [2.05, 4.69) is 26.1 Å². The van der Waals surface area contributed by atoms with Crippen LogP contribution < -0.4 is 11.1 Å². The Morgan fingerprint density at radius 1 is 1.08 bits per heavy atom. The summed E-state index contributed by atoms with van der Waals surface area (Å²) in [5, 5.41) is 3.41. The summed E-state index contributed by atoms with van der Waals surface area (Å²) in [5.41, 5.74) is 7.53. The van der Waals surface area contributed by atoms with Crippen molar-refractivity contribution >= 4 is 11.4 Å². The molecule has 0 fully saturated rings. The van der Waals surface area contributed by atoms with Crippen LogP contribution in [-0.4, -0.2) is 6.04 Å². The van der Waals surface area contributed by atoms with E-state index in [1.165, 1.54) is 0 Å². The average molecular weight is 178 g/mol. The summed E-state index contributed by atoms with van der Waals surface area (Å²) in [5.74, 6) is 0.637. The number of hydrogen-bond acceptors (Lipinski definition) is 2. The van der Waals surface area contributed by atoms with Gasteiger partial charge in [-0.15, -0.1) is 0 Å². The molecule has 1 atom stereocenters. The van der Waals surface area contributed by atoms with E-state index < -0.39 is 0 Å². The molecule has 0 saturated carbocycles. The van der Waals surface area contributed by atoms with Crippen molar-refractivity contribution in [3.63, 3.8) is 0 Å². The summed E-state index contributed by atoms with van der Waals surface area (Å²) in [6.45, 7) is 6.59. The predicted molar refractivity (Wildman–Crippen MR) is 58.8 cm³/mol. The van der Waals surface area contributed by atoms with Gasteiger partial charge in [0.15, 0.2) is 0 Å². The zero-order valence-corrected chi connectivity index (χ0v) is 8.54. The highest BCUT2D eigenvalue weighted by atomic mass is 14.9. The van der Waals surface area contributed by atoms with Crippen LogP contribution in [0.2, 0.25) is 0 Å². The maximum Gasteiger partial charge on any atom is 0.0343 e. The molecule has 0 bridgehead atoms. The molecule has 3 N–H and O–H groups in total. The molecule has 0 saturated heterocycles. The molecule has 1 rings (SSSR count). The number of nitrogen functional groups attached to an aromatic ring is 1. The fraction of sp³-hybridized carbons (Fsp3) is 0.455. The van der Waals surface area contributed by atoms with Gasteiger partial charge in [0.05, 0.1) is 0 Å². The van der Waals surface area contributed by atoms with Gasteiger partial charge in [0.1, 0.15) is 0 Å². The minimum absolute atomic E-state index is 0.489. The smallest absolute Gasteiger partial charge is 0.0343 e. The highest BCUT2D eigenvalue weighted by molar-refractivity contribution is 5.51. The van der Waals surface area contributed by atoms with E-state index in [9.17, 15) is 0 Å². The van der Waals surface area contributed by atoms with Crippen molar-refractivity contribution < 1.29 is 0 Å². The van der Waals surface area contributed by atoms with Gasteiger partial charge >= 0.3 is 0 Å². The fourth-order valence-electron chi connectivity index (χ4n) is 1.01. The van der Waals surface area contributed by atoms with Gasteiger partial charge in [-0.3, -0.25) is 0 Å². The second-order valence-electron chi connectivity index (χ2n) is 3.80. The molecule has 1 unspecified atom stereocenters. The van der Waals surface area contributed by atoms with Crippen molar-refractivity contribution in [2.45, 2.75) is 26.8 Å². The largest absolute Gasteiger partial charge is 0.399 e. The molecule has 2 heteroatoms. The summed E-state index contributed by atoms with van der Waals surface area (Å²) >= 11 is 0. The molecule has 0 aliphatic rings. The minimum atomic E-state index is 0.489. The van der Waals surface area contributed by atoms with E-state index >= 15 is 0 Å². The zero-order chi connectivity index (χ0) is 9.84. The molecular formula is C11H18N2. The van der Waals surface area contributed by atoms with Crippen LogP contribution in [0.15, 0.2) is 24.3 Å². The van der Waals surface area contributed by atoms with Gasteiger partial charge in [-0.05, 0) is 37.1 Å². The van der Waals surface area contributed by atoms with Crippen molar-refractivity contribution in [1.29, 1.82) is 0 Å². The number of nitrogens with one attached hydrogen (secondary N) is 1. The van der Waals surface area contributed by atoms with Crippen LogP contribution in [0, 0.1) is 5.92 Å². The van der Waals surface area contributed by atoms with Gasteiger partial charge in [0.25, 0.3) is 0 Å². The number of nitrogens with two attached hydrogens (primary N) is 1. The number of rotatable bonds is 3. The Labute approximate surface area is 80.1 Å². The molecule has 1 aromatic carbocycles. The Balaban J connectivity index is 2.59. The van der Waals surface area contributed by atoms with Crippen LogP contribution in [0.4, 0.5) is 11.4 Å². The van der Waals surface area contributed by atoms with E-state index in [1.54, 1.807) is 0 Å². The summed E-state index contributed by atoms with van der Waals surface area (Å²) < 4.78 is 0. The maximum atomic E-state index is 5.59. The van der Waals surface area contributed by atoms with E-state index in [4.69, 9.17) is 5.73 Å². The lowest BCUT2D eigenvalue weighted by Crippen LogP contribution is -2.21. The maximum absolute atomic E-state index is 5.59. The van der Waals surface area contributed by atoms with E-state index in [-0.39, 0.29) is 0 Å². The second kappa shape index (κ2) is 4.17. The SMILES string of the molecule is CC(C)C(C)Nc1ccc(N)cc1. The normalized spacial score (nSPS) is 12.9. The fourth-order valence-corrected chi connectivity index (χ4v) is 1.01. The monoisotopic (exact) mass is 178 g/mol. The van der Waals surface area contributed by atoms with Gasteiger partial charge in [0, 0.05) is 17.4 Å². The third kappa shape index (κ3) is 2.98. The summed E-state index contributed by atoms with van der Waals surface area (Å²) in [6, 6.07) is 8.33. The van der Waals surface area contributed by atoms with Crippen LogP contribution in [0.25, 0.3) is 0 Å². The summed E-state index contributed by atoms with van der Waals surface area (Å²) in [7, 11) is 0. The Morgan fingerprint density at radius 3 is 2.08 bits per heavy atom. The van der Waals surface area contributed by atoms with Crippen LogP contribution in [0.5, 0.6) is 0 Å². The van der Waals surface area contributed by atoms with Crippen molar-refractivity contribution in [1.82, 2.24) is 0 Å². The van der Waals surface area contributed by atoms with E-state index in [0.717, 1.165) is 11.4 Å². The first kappa shape index (κ1) is 9.90. The summed E-state index contributed by atoms with van der Waals surface area (Å²) in [4.78, 5) is 0. The Bertz CT molecular complexity index is 251. The van der Waals surface area contributed by atoms with Crippen LogP contribution in [0.3, 0.4) is 0 Å². The van der Waals surface area contributed by atoms with Crippen LogP contribution >= 0.6 is 0 Å². The first-order valence-electron chi connectivity index (χ1n) is 4.71. The lowest BCUT2D eigenvalue weighted by atomic mass is 10.1.